The number of hydrogen-bond donors (Lipinski definition) is 2. The van der Waals surface area contributed by atoms with Crippen LogP contribution in [0, 0.1) is 0 Å². The maximum atomic E-state index is 12.6. The first-order valence-electron chi connectivity index (χ1n) is 10.4. The van der Waals surface area contributed by atoms with Crippen LogP contribution in [0.3, 0.4) is 0 Å². The van der Waals surface area contributed by atoms with Gasteiger partial charge < -0.3 is 10.6 Å². The summed E-state index contributed by atoms with van der Waals surface area (Å²) in [5.74, 6) is 0.296. The molecule has 0 radical (unpaired) electrons. The molecule has 2 N–H and O–H groups in total. The van der Waals surface area contributed by atoms with E-state index in [9.17, 15) is 14.4 Å². The Hall–Kier alpha value is -2.37. The van der Waals surface area contributed by atoms with Crippen molar-refractivity contribution in [3.8, 4) is 0 Å². The van der Waals surface area contributed by atoms with Gasteiger partial charge in [-0.25, -0.2) is 4.79 Å². The predicted octanol–water partition coefficient (Wildman–Crippen LogP) is 3.63. The van der Waals surface area contributed by atoms with Gasteiger partial charge in [-0.05, 0) is 43.2 Å². The van der Waals surface area contributed by atoms with Crippen LogP contribution in [0.2, 0.25) is 0 Å². The van der Waals surface area contributed by atoms with Crippen molar-refractivity contribution in [1.82, 2.24) is 15.5 Å². The molecule has 4 amide bonds. The molecule has 0 aromatic heterocycles. The molecular weight excluding hydrogens is 354 g/mol. The Morgan fingerprint density at radius 3 is 2.32 bits per heavy atom. The highest BCUT2D eigenvalue weighted by Crippen LogP contribution is 2.35. The molecule has 2 aliphatic rings. The van der Waals surface area contributed by atoms with Crippen LogP contribution in [0.1, 0.15) is 82.4 Å². The molecule has 3 rings (SSSR count). The summed E-state index contributed by atoms with van der Waals surface area (Å²) in [4.78, 5) is 38.3. The molecule has 6 heteroatoms. The Balaban J connectivity index is 1.45. The molecular formula is C22H31N3O3. The lowest BCUT2D eigenvalue weighted by atomic mass is 9.98. The van der Waals surface area contributed by atoms with Crippen LogP contribution in [0.15, 0.2) is 24.3 Å². The molecule has 0 bridgehead atoms. The first kappa shape index (κ1) is 20.4. The van der Waals surface area contributed by atoms with Gasteiger partial charge in [0.25, 0.3) is 5.91 Å². The first-order valence-corrected chi connectivity index (χ1v) is 10.4. The van der Waals surface area contributed by atoms with Crippen molar-refractivity contribution in [3.05, 3.63) is 35.4 Å². The number of hydrogen-bond acceptors (Lipinski definition) is 3. The van der Waals surface area contributed by atoms with Crippen LogP contribution in [0.5, 0.6) is 0 Å². The highest BCUT2D eigenvalue weighted by Gasteiger charge is 2.52. The highest BCUT2D eigenvalue weighted by atomic mass is 16.2. The molecule has 1 atom stereocenters. The van der Waals surface area contributed by atoms with Crippen molar-refractivity contribution in [1.29, 1.82) is 0 Å². The minimum absolute atomic E-state index is 0.0666. The monoisotopic (exact) mass is 385 g/mol. The molecule has 1 aromatic carbocycles. The van der Waals surface area contributed by atoms with Gasteiger partial charge in [0.05, 0.1) is 6.04 Å². The van der Waals surface area contributed by atoms with E-state index in [-0.39, 0.29) is 30.4 Å². The summed E-state index contributed by atoms with van der Waals surface area (Å²) >= 11 is 0. The zero-order chi connectivity index (χ0) is 20.3. The fraction of sp³-hybridized carbons (Fsp3) is 0.591. The van der Waals surface area contributed by atoms with E-state index in [1.165, 1.54) is 10.5 Å². The largest absolute Gasteiger partial charge is 0.350 e. The fourth-order valence-electron chi connectivity index (χ4n) is 4.16. The molecule has 1 aromatic rings. The maximum Gasteiger partial charge on any atom is 0.325 e. The molecule has 1 heterocycles. The second kappa shape index (κ2) is 8.33. The van der Waals surface area contributed by atoms with Gasteiger partial charge in [-0.2, -0.15) is 0 Å². The topological polar surface area (TPSA) is 78.5 Å². The van der Waals surface area contributed by atoms with Crippen molar-refractivity contribution in [2.24, 2.45) is 0 Å². The third-order valence-electron chi connectivity index (χ3n) is 5.97. The minimum atomic E-state index is -0.671. The number of imide groups is 1. The van der Waals surface area contributed by atoms with Crippen LogP contribution in [-0.4, -0.2) is 34.8 Å². The second-order valence-corrected chi connectivity index (χ2v) is 8.39. The lowest BCUT2D eigenvalue weighted by Crippen LogP contribution is -2.44. The molecule has 1 unspecified atom stereocenters. The third kappa shape index (κ3) is 4.21. The minimum Gasteiger partial charge on any atom is -0.350 e. The first-order chi connectivity index (χ1) is 13.3. The van der Waals surface area contributed by atoms with Gasteiger partial charge in [0.1, 0.15) is 5.54 Å². The predicted molar refractivity (Wildman–Crippen MR) is 108 cm³/mol. The van der Waals surface area contributed by atoms with E-state index in [2.05, 4.69) is 48.7 Å². The Labute approximate surface area is 167 Å². The third-order valence-corrected chi connectivity index (χ3v) is 5.97. The van der Waals surface area contributed by atoms with Crippen LogP contribution in [0.4, 0.5) is 4.79 Å². The second-order valence-electron chi connectivity index (χ2n) is 8.39. The number of benzene rings is 1. The van der Waals surface area contributed by atoms with Crippen molar-refractivity contribution in [3.63, 3.8) is 0 Å². The average molecular weight is 386 g/mol. The number of amides is 4. The van der Waals surface area contributed by atoms with Crippen molar-refractivity contribution in [2.75, 3.05) is 6.54 Å². The van der Waals surface area contributed by atoms with Gasteiger partial charge in [-0.15, -0.1) is 0 Å². The number of carbonyl (C=O) groups is 3. The molecule has 1 saturated heterocycles. The molecule has 28 heavy (non-hydrogen) atoms. The summed E-state index contributed by atoms with van der Waals surface area (Å²) in [5, 5.41) is 5.87. The van der Waals surface area contributed by atoms with Gasteiger partial charge in [0, 0.05) is 13.0 Å². The lowest BCUT2D eigenvalue weighted by molar-refractivity contribution is -0.131. The number of nitrogens with one attached hydrogen (secondary N) is 2. The molecule has 1 aliphatic carbocycles. The van der Waals surface area contributed by atoms with Crippen LogP contribution in [0.25, 0.3) is 0 Å². The Kier molecular flexibility index (Phi) is 6.06. The average Bonchev–Trinajstić information content (AvgIpc) is 3.22. The maximum absolute atomic E-state index is 12.6. The number of rotatable bonds is 7. The van der Waals surface area contributed by atoms with E-state index in [0.717, 1.165) is 31.2 Å². The van der Waals surface area contributed by atoms with Crippen molar-refractivity contribution < 1.29 is 14.4 Å². The van der Waals surface area contributed by atoms with E-state index >= 15 is 0 Å². The number of nitrogens with zero attached hydrogens (tertiary/aromatic N) is 1. The highest BCUT2D eigenvalue weighted by molar-refractivity contribution is 6.07. The van der Waals surface area contributed by atoms with Crippen molar-refractivity contribution in [2.45, 2.75) is 76.8 Å². The summed E-state index contributed by atoms with van der Waals surface area (Å²) in [7, 11) is 0. The van der Waals surface area contributed by atoms with Gasteiger partial charge in [0.2, 0.25) is 5.91 Å². The van der Waals surface area contributed by atoms with Gasteiger partial charge in [0.15, 0.2) is 0 Å². The molecule has 1 saturated carbocycles. The Morgan fingerprint density at radius 1 is 1.11 bits per heavy atom. The SMILES string of the molecule is CC(C)c1ccc(C(C)NC(=O)CCCN2C(=O)NC3(CCCC3)C2=O)cc1. The van der Waals surface area contributed by atoms with Gasteiger partial charge >= 0.3 is 6.03 Å². The van der Waals surface area contributed by atoms with E-state index in [1.54, 1.807) is 0 Å². The van der Waals surface area contributed by atoms with Gasteiger partial charge in [-0.1, -0.05) is 51.0 Å². The summed E-state index contributed by atoms with van der Waals surface area (Å²) in [6.07, 6.45) is 4.15. The zero-order valence-corrected chi connectivity index (χ0v) is 17.1. The summed E-state index contributed by atoms with van der Waals surface area (Å²) in [6.45, 7) is 6.56. The van der Waals surface area contributed by atoms with Crippen LogP contribution >= 0.6 is 0 Å². The van der Waals surface area contributed by atoms with Crippen LogP contribution < -0.4 is 10.6 Å². The summed E-state index contributed by atoms with van der Waals surface area (Å²) in [5.41, 5.74) is 1.67. The smallest absolute Gasteiger partial charge is 0.325 e. The van der Waals surface area contributed by atoms with E-state index < -0.39 is 5.54 Å². The van der Waals surface area contributed by atoms with Crippen molar-refractivity contribution >= 4 is 17.8 Å². The standard InChI is InChI=1S/C22H31N3O3/c1-15(2)17-8-10-18(11-9-17)16(3)23-19(26)7-6-14-25-20(27)22(24-21(25)28)12-4-5-13-22/h8-11,15-16H,4-7,12-14H2,1-3H3,(H,23,26)(H,24,28). The number of urea groups is 1. The molecule has 152 valence electrons. The molecule has 1 spiro atoms. The van der Waals surface area contributed by atoms with Crippen LogP contribution in [-0.2, 0) is 9.59 Å². The van der Waals surface area contributed by atoms with Gasteiger partial charge in [-0.3, -0.25) is 14.5 Å². The zero-order valence-electron chi connectivity index (χ0n) is 17.1. The normalized spacial score (nSPS) is 19.4. The quantitative estimate of drug-likeness (QED) is 0.704. The Bertz CT molecular complexity index is 736. The van der Waals surface area contributed by atoms with E-state index in [0.29, 0.717) is 18.8 Å². The lowest BCUT2D eigenvalue weighted by Gasteiger charge is -2.20. The number of carbonyl (C=O) groups excluding carboxylic acids is 3. The Morgan fingerprint density at radius 2 is 1.71 bits per heavy atom. The van der Waals surface area contributed by atoms with E-state index in [1.807, 2.05) is 6.92 Å². The fourth-order valence-corrected chi connectivity index (χ4v) is 4.16. The summed E-state index contributed by atoms with van der Waals surface area (Å²) < 4.78 is 0. The molecule has 1 aliphatic heterocycles. The molecule has 2 fully saturated rings. The van der Waals surface area contributed by atoms with E-state index in [4.69, 9.17) is 0 Å². The summed E-state index contributed by atoms with van der Waals surface area (Å²) in [6, 6.07) is 7.90. The molecule has 6 nitrogen and oxygen atoms in total.